The molecule has 0 saturated carbocycles. The second-order valence-corrected chi connectivity index (χ2v) is 14.2. The third kappa shape index (κ3) is 6.25. The maximum absolute atomic E-state index is 11.1. The van der Waals surface area contributed by atoms with E-state index in [0.29, 0.717) is 6.42 Å². The van der Waals surface area contributed by atoms with Crippen molar-refractivity contribution in [2.45, 2.75) is 97.1 Å². The minimum absolute atomic E-state index is 0.0596. The quantitative estimate of drug-likeness (QED) is 0.211. The van der Waals surface area contributed by atoms with E-state index in [1.54, 1.807) is 0 Å². The molecule has 27 heavy (non-hydrogen) atoms. The van der Waals surface area contributed by atoms with E-state index in [2.05, 4.69) is 59.9 Å². The van der Waals surface area contributed by atoms with E-state index >= 15 is 0 Å². The zero-order chi connectivity index (χ0) is 20.6. The molecule has 0 amide bonds. The molecule has 150 valence electrons. The molecule has 1 rings (SSSR count). The number of rotatable bonds is 8. The van der Waals surface area contributed by atoms with Crippen LogP contribution in [0.2, 0.25) is 10.1 Å². The summed E-state index contributed by atoms with van der Waals surface area (Å²) in [6.07, 6.45) is 7.17. The van der Waals surface area contributed by atoms with Gasteiger partial charge in [-0.1, -0.05) is 91.5 Å². The lowest BCUT2D eigenvalue weighted by Gasteiger charge is -2.46. The fourth-order valence-corrected chi connectivity index (χ4v) is 8.25. The lowest BCUT2D eigenvalue weighted by molar-refractivity contribution is -0.107. The standard InChI is InChI=1S/C24H38O2Si/c1-8-9-10-11-12-15-20-27(23(2,3)4,24(5,6)7)26-22-17-14-13-16-21(22)18-19-25/h13-14,16-17,19H,8-12,18H2,1-7H3. The molecule has 1 aromatic rings. The first-order valence-electron chi connectivity index (χ1n) is 10.3. The van der Waals surface area contributed by atoms with Crippen LogP contribution in [0.1, 0.15) is 86.1 Å². The molecule has 0 spiro atoms. The summed E-state index contributed by atoms with van der Waals surface area (Å²) in [4.78, 5) is 11.1. The Labute approximate surface area is 168 Å². The highest BCUT2D eigenvalue weighted by Crippen LogP contribution is 2.51. The zero-order valence-electron chi connectivity index (χ0n) is 18.4. The Hall–Kier alpha value is -1.53. The molecule has 1 aromatic carbocycles. The van der Waals surface area contributed by atoms with Gasteiger partial charge in [-0.3, -0.25) is 0 Å². The molecule has 0 aliphatic rings. The highest BCUT2D eigenvalue weighted by Gasteiger charge is 2.57. The van der Waals surface area contributed by atoms with E-state index in [1.807, 2.05) is 24.3 Å². The van der Waals surface area contributed by atoms with Crippen molar-refractivity contribution in [2.75, 3.05) is 0 Å². The van der Waals surface area contributed by atoms with Crippen molar-refractivity contribution in [2.24, 2.45) is 0 Å². The Bertz CT molecular complexity index is 639. The monoisotopic (exact) mass is 386 g/mol. The molecule has 0 radical (unpaired) electrons. The third-order valence-electron chi connectivity index (χ3n) is 5.07. The highest BCUT2D eigenvalue weighted by molar-refractivity contribution is 6.87. The Balaban J connectivity index is 3.30. The molecule has 0 bridgehead atoms. The molecule has 0 saturated heterocycles. The Morgan fingerprint density at radius 2 is 1.63 bits per heavy atom. The third-order valence-corrected chi connectivity index (χ3v) is 10.4. The number of benzene rings is 1. The van der Waals surface area contributed by atoms with Gasteiger partial charge in [0, 0.05) is 22.9 Å². The Morgan fingerprint density at radius 3 is 2.19 bits per heavy atom. The second kappa shape index (κ2) is 10.1. The molecule has 0 atom stereocenters. The van der Waals surface area contributed by atoms with Gasteiger partial charge in [-0.2, -0.15) is 0 Å². The van der Waals surface area contributed by atoms with Crippen molar-refractivity contribution in [1.82, 2.24) is 0 Å². The van der Waals surface area contributed by atoms with Crippen LogP contribution >= 0.6 is 0 Å². The van der Waals surface area contributed by atoms with E-state index in [4.69, 9.17) is 4.43 Å². The molecular weight excluding hydrogens is 348 g/mol. The number of hydrogen-bond donors (Lipinski definition) is 0. The van der Waals surface area contributed by atoms with Crippen molar-refractivity contribution >= 4 is 14.6 Å². The fourth-order valence-electron chi connectivity index (χ4n) is 3.69. The molecule has 0 unspecified atom stereocenters. The van der Waals surface area contributed by atoms with Gasteiger partial charge in [0.15, 0.2) is 0 Å². The molecular formula is C24H38O2Si. The largest absolute Gasteiger partial charge is 0.530 e. The normalized spacial score (nSPS) is 12.3. The maximum atomic E-state index is 11.1. The van der Waals surface area contributed by atoms with Crippen LogP contribution < -0.4 is 4.43 Å². The Morgan fingerprint density at radius 1 is 1.00 bits per heavy atom. The number of carbonyl (C=O) groups is 1. The first-order valence-corrected chi connectivity index (χ1v) is 12.2. The van der Waals surface area contributed by atoms with Gasteiger partial charge in [-0.15, -0.1) is 5.92 Å². The van der Waals surface area contributed by atoms with E-state index in [9.17, 15) is 4.79 Å². The zero-order valence-corrected chi connectivity index (χ0v) is 19.4. The highest BCUT2D eigenvalue weighted by atomic mass is 28.4. The van der Waals surface area contributed by atoms with Gasteiger partial charge in [-0.25, -0.2) is 0 Å². The summed E-state index contributed by atoms with van der Waals surface area (Å²) in [5.74, 6) is 4.31. The summed E-state index contributed by atoms with van der Waals surface area (Å²) in [5.41, 5.74) is 4.63. The van der Waals surface area contributed by atoms with Crippen LogP contribution in [0.3, 0.4) is 0 Å². The number of carbonyl (C=O) groups excluding carboxylic acids is 1. The smallest absolute Gasteiger partial charge is 0.340 e. The molecule has 0 aliphatic carbocycles. The van der Waals surface area contributed by atoms with E-state index in [0.717, 1.165) is 30.4 Å². The van der Waals surface area contributed by atoms with Gasteiger partial charge in [-0.05, 0) is 18.1 Å². The molecule has 0 N–H and O–H groups in total. The van der Waals surface area contributed by atoms with Crippen LogP contribution in [0, 0.1) is 11.5 Å². The van der Waals surface area contributed by atoms with Crippen LogP contribution in [0.15, 0.2) is 24.3 Å². The molecule has 0 fully saturated rings. The lowest BCUT2D eigenvalue weighted by atomic mass is 10.1. The van der Waals surface area contributed by atoms with Crippen LogP contribution in [0.4, 0.5) is 0 Å². The summed E-state index contributed by atoms with van der Waals surface area (Å²) in [6, 6.07) is 7.90. The van der Waals surface area contributed by atoms with Crippen molar-refractivity contribution in [1.29, 1.82) is 0 Å². The SMILES string of the molecule is CCCCCCC#C[Si](Oc1ccccc1CC=O)(C(C)(C)C)C(C)(C)C. The van der Waals surface area contributed by atoms with E-state index in [-0.39, 0.29) is 10.1 Å². The minimum atomic E-state index is -2.55. The van der Waals surface area contributed by atoms with Gasteiger partial charge < -0.3 is 9.22 Å². The van der Waals surface area contributed by atoms with E-state index in [1.165, 1.54) is 19.3 Å². The lowest BCUT2D eigenvalue weighted by Crippen LogP contribution is -2.56. The summed E-state index contributed by atoms with van der Waals surface area (Å²) in [6.45, 7) is 15.7. The van der Waals surface area contributed by atoms with Gasteiger partial charge in [0.1, 0.15) is 12.0 Å². The number of hydrogen-bond acceptors (Lipinski definition) is 2. The fraction of sp³-hybridized carbons (Fsp3) is 0.625. The van der Waals surface area contributed by atoms with Crippen molar-refractivity contribution in [3.8, 4) is 17.2 Å². The number of aldehydes is 1. The molecule has 3 heteroatoms. The first kappa shape index (κ1) is 23.5. The van der Waals surface area contributed by atoms with Crippen LogP contribution in [0.5, 0.6) is 5.75 Å². The predicted molar refractivity (Wildman–Crippen MR) is 119 cm³/mol. The minimum Gasteiger partial charge on any atom is -0.530 e. The number of unbranched alkanes of at least 4 members (excludes halogenated alkanes) is 4. The summed E-state index contributed by atoms with van der Waals surface area (Å²) >= 11 is 0. The van der Waals surface area contributed by atoms with Crippen molar-refractivity contribution in [3.05, 3.63) is 29.8 Å². The molecule has 0 aliphatic heterocycles. The maximum Gasteiger partial charge on any atom is 0.340 e. The van der Waals surface area contributed by atoms with Crippen molar-refractivity contribution < 1.29 is 9.22 Å². The summed E-state index contributed by atoms with van der Waals surface area (Å²) in [5, 5.41) is -0.119. The van der Waals surface area contributed by atoms with Crippen molar-refractivity contribution in [3.63, 3.8) is 0 Å². The number of para-hydroxylation sites is 1. The first-order chi connectivity index (χ1) is 12.6. The predicted octanol–water partition coefficient (Wildman–Crippen LogP) is 6.87. The van der Waals surface area contributed by atoms with Crippen LogP contribution in [0.25, 0.3) is 0 Å². The molecule has 0 heterocycles. The Kier molecular flexibility index (Phi) is 8.82. The van der Waals surface area contributed by atoms with Gasteiger partial charge in [0.25, 0.3) is 0 Å². The van der Waals surface area contributed by atoms with Gasteiger partial charge in [0.05, 0.1) is 0 Å². The molecule has 0 aromatic heterocycles. The topological polar surface area (TPSA) is 26.3 Å². The average molecular weight is 387 g/mol. The van der Waals surface area contributed by atoms with Gasteiger partial charge >= 0.3 is 8.32 Å². The van der Waals surface area contributed by atoms with E-state index < -0.39 is 8.32 Å². The summed E-state index contributed by atoms with van der Waals surface area (Å²) < 4.78 is 6.85. The summed E-state index contributed by atoms with van der Waals surface area (Å²) in [7, 11) is -2.55. The second-order valence-electron chi connectivity index (χ2n) is 9.37. The van der Waals surface area contributed by atoms with Gasteiger partial charge in [0.2, 0.25) is 0 Å². The average Bonchev–Trinajstić information content (AvgIpc) is 2.56. The van der Waals surface area contributed by atoms with Crippen LogP contribution in [-0.4, -0.2) is 14.6 Å². The molecule has 2 nitrogen and oxygen atoms in total. The van der Waals surface area contributed by atoms with Crippen LogP contribution in [-0.2, 0) is 11.2 Å².